The van der Waals surface area contributed by atoms with Crippen molar-refractivity contribution in [2.75, 3.05) is 0 Å². The topological polar surface area (TPSA) is 131 Å². The quantitative estimate of drug-likeness (QED) is 0.464. The van der Waals surface area contributed by atoms with Gasteiger partial charge in [-0.25, -0.2) is 0 Å². The Kier molecular flexibility index (Phi) is 5.97. The van der Waals surface area contributed by atoms with E-state index in [-0.39, 0.29) is 18.8 Å². The molecule has 1 saturated heterocycles. The average Bonchev–Trinajstić information content (AvgIpc) is 2.91. The minimum Gasteiger partial charge on any atom is -0.346 e. The van der Waals surface area contributed by atoms with Gasteiger partial charge in [0, 0.05) is 31.3 Å². The first-order valence-corrected chi connectivity index (χ1v) is 8.12. The first kappa shape index (κ1) is 18.7. The Hall–Kier alpha value is -2.61. The molecular formula is C17H22N4O4. The van der Waals surface area contributed by atoms with Crippen molar-refractivity contribution in [3.8, 4) is 0 Å². The SMILES string of the molecule is CC(C)C(NC(=O)CC(N)c1cccnc1)C(=O)C1CC(=O)NC1=O. The summed E-state index contributed by atoms with van der Waals surface area (Å²) >= 11 is 0. The van der Waals surface area contributed by atoms with Gasteiger partial charge in [-0.15, -0.1) is 0 Å². The van der Waals surface area contributed by atoms with E-state index in [1.54, 1.807) is 38.4 Å². The number of hydrogen-bond donors (Lipinski definition) is 3. The van der Waals surface area contributed by atoms with Crippen LogP contribution in [0.5, 0.6) is 0 Å². The highest BCUT2D eigenvalue weighted by atomic mass is 16.2. The first-order chi connectivity index (χ1) is 11.8. The molecule has 0 radical (unpaired) electrons. The van der Waals surface area contributed by atoms with Gasteiger partial charge >= 0.3 is 0 Å². The monoisotopic (exact) mass is 346 g/mol. The van der Waals surface area contributed by atoms with Crippen LogP contribution < -0.4 is 16.4 Å². The van der Waals surface area contributed by atoms with Gasteiger partial charge in [0.25, 0.3) is 0 Å². The minimum absolute atomic E-state index is 0.0159. The zero-order valence-corrected chi connectivity index (χ0v) is 14.2. The maximum absolute atomic E-state index is 12.6. The summed E-state index contributed by atoms with van der Waals surface area (Å²) in [6.07, 6.45) is 3.00. The Balaban J connectivity index is 2.01. The predicted molar refractivity (Wildman–Crippen MR) is 88.8 cm³/mol. The molecule has 4 N–H and O–H groups in total. The Morgan fingerprint density at radius 1 is 1.40 bits per heavy atom. The van der Waals surface area contributed by atoms with E-state index in [0.29, 0.717) is 5.56 Å². The maximum atomic E-state index is 12.6. The molecule has 1 aliphatic rings. The van der Waals surface area contributed by atoms with Crippen molar-refractivity contribution < 1.29 is 19.2 Å². The molecule has 0 saturated carbocycles. The van der Waals surface area contributed by atoms with Crippen LogP contribution in [0.2, 0.25) is 0 Å². The molecule has 8 heteroatoms. The standard InChI is InChI=1S/C17H22N4O4/c1-9(2)15(16(24)11-6-13(22)21-17(11)25)20-14(23)7-12(18)10-4-3-5-19-8-10/h3-5,8-9,11-12,15H,6-7,18H2,1-2H3,(H,20,23)(H,21,22,25). The normalized spacial score (nSPS) is 19.4. The van der Waals surface area contributed by atoms with Gasteiger partial charge in [-0.1, -0.05) is 19.9 Å². The van der Waals surface area contributed by atoms with Crippen LogP contribution in [0.4, 0.5) is 0 Å². The van der Waals surface area contributed by atoms with Gasteiger partial charge in [-0.2, -0.15) is 0 Å². The largest absolute Gasteiger partial charge is 0.346 e. The van der Waals surface area contributed by atoms with Crippen molar-refractivity contribution >= 4 is 23.5 Å². The van der Waals surface area contributed by atoms with Crippen molar-refractivity contribution in [2.45, 2.75) is 38.8 Å². The van der Waals surface area contributed by atoms with Crippen LogP contribution in [0, 0.1) is 11.8 Å². The second-order valence-corrected chi connectivity index (χ2v) is 6.46. The molecular weight excluding hydrogens is 324 g/mol. The summed E-state index contributed by atoms with van der Waals surface area (Å²) in [5.41, 5.74) is 6.71. The number of carbonyl (C=O) groups is 4. The lowest BCUT2D eigenvalue weighted by Crippen LogP contribution is -2.48. The number of nitrogens with one attached hydrogen (secondary N) is 2. The molecule has 1 aliphatic heterocycles. The van der Waals surface area contributed by atoms with Crippen molar-refractivity contribution in [1.82, 2.24) is 15.6 Å². The lowest BCUT2D eigenvalue weighted by molar-refractivity contribution is -0.136. The summed E-state index contributed by atoms with van der Waals surface area (Å²) in [5, 5.41) is 4.76. The molecule has 1 aromatic heterocycles. The van der Waals surface area contributed by atoms with E-state index >= 15 is 0 Å². The van der Waals surface area contributed by atoms with Crippen LogP contribution in [-0.4, -0.2) is 34.5 Å². The molecule has 0 bridgehead atoms. The van der Waals surface area contributed by atoms with Crippen LogP contribution in [0.1, 0.15) is 38.3 Å². The fraction of sp³-hybridized carbons (Fsp3) is 0.471. The van der Waals surface area contributed by atoms with Gasteiger partial charge in [-0.3, -0.25) is 29.5 Å². The van der Waals surface area contributed by atoms with E-state index < -0.39 is 41.5 Å². The first-order valence-electron chi connectivity index (χ1n) is 8.12. The van der Waals surface area contributed by atoms with Crippen molar-refractivity contribution in [1.29, 1.82) is 0 Å². The van der Waals surface area contributed by atoms with E-state index in [1.807, 2.05) is 0 Å². The molecule has 25 heavy (non-hydrogen) atoms. The van der Waals surface area contributed by atoms with Gasteiger partial charge < -0.3 is 11.1 Å². The molecule has 3 unspecified atom stereocenters. The van der Waals surface area contributed by atoms with Crippen molar-refractivity contribution in [2.24, 2.45) is 17.6 Å². The second kappa shape index (κ2) is 7.98. The number of nitrogens with two attached hydrogens (primary N) is 1. The van der Waals surface area contributed by atoms with Crippen LogP contribution in [0.3, 0.4) is 0 Å². The summed E-state index contributed by atoms with van der Waals surface area (Å²) in [5.74, 6) is -3.21. The van der Waals surface area contributed by atoms with E-state index in [0.717, 1.165) is 0 Å². The molecule has 0 aromatic carbocycles. The van der Waals surface area contributed by atoms with E-state index in [9.17, 15) is 19.2 Å². The number of aromatic nitrogens is 1. The predicted octanol–water partition coefficient (Wildman–Crippen LogP) is -0.156. The van der Waals surface area contributed by atoms with Gasteiger partial charge in [-0.05, 0) is 17.5 Å². The fourth-order valence-corrected chi connectivity index (χ4v) is 2.71. The number of imide groups is 1. The highest BCUT2D eigenvalue weighted by Crippen LogP contribution is 2.18. The van der Waals surface area contributed by atoms with Crippen molar-refractivity contribution in [3.05, 3.63) is 30.1 Å². The zero-order valence-electron chi connectivity index (χ0n) is 14.2. The number of Topliss-reactive ketones (excluding diaryl/α,β-unsaturated/α-hetero) is 1. The van der Waals surface area contributed by atoms with Crippen LogP contribution >= 0.6 is 0 Å². The molecule has 1 fully saturated rings. The maximum Gasteiger partial charge on any atom is 0.237 e. The summed E-state index contributed by atoms with van der Waals surface area (Å²) in [6.45, 7) is 3.52. The van der Waals surface area contributed by atoms with Gasteiger partial charge in [0.05, 0.1) is 6.04 Å². The van der Waals surface area contributed by atoms with E-state index in [4.69, 9.17) is 5.73 Å². The lowest BCUT2D eigenvalue weighted by Gasteiger charge is -2.23. The number of rotatable bonds is 7. The Labute approximate surface area is 145 Å². The molecule has 2 heterocycles. The van der Waals surface area contributed by atoms with Crippen LogP contribution in [0.15, 0.2) is 24.5 Å². The lowest BCUT2D eigenvalue weighted by atomic mass is 9.89. The molecule has 1 aromatic rings. The third-order valence-electron chi connectivity index (χ3n) is 4.12. The van der Waals surface area contributed by atoms with Gasteiger partial charge in [0.2, 0.25) is 17.7 Å². The molecule has 8 nitrogen and oxygen atoms in total. The molecule has 2 rings (SSSR count). The Morgan fingerprint density at radius 3 is 2.64 bits per heavy atom. The average molecular weight is 346 g/mol. The van der Waals surface area contributed by atoms with Crippen LogP contribution in [-0.2, 0) is 19.2 Å². The molecule has 3 amide bonds. The Morgan fingerprint density at radius 2 is 2.12 bits per heavy atom. The summed E-state index contributed by atoms with van der Waals surface area (Å²) < 4.78 is 0. The summed E-state index contributed by atoms with van der Waals surface area (Å²) in [4.78, 5) is 51.8. The fourth-order valence-electron chi connectivity index (χ4n) is 2.71. The zero-order chi connectivity index (χ0) is 18.6. The number of nitrogens with zero attached hydrogens (tertiary/aromatic N) is 1. The number of carbonyl (C=O) groups excluding carboxylic acids is 4. The smallest absolute Gasteiger partial charge is 0.237 e. The molecule has 0 spiro atoms. The molecule has 0 aliphatic carbocycles. The minimum atomic E-state index is -1.05. The number of ketones is 1. The summed E-state index contributed by atoms with van der Waals surface area (Å²) in [6, 6.07) is 2.09. The summed E-state index contributed by atoms with van der Waals surface area (Å²) in [7, 11) is 0. The van der Waals surface area contributed by atoms with Gasteiger partial charge in [0.15, 0.2) is 5.78 Å². The number of hydrogen-bond acceptors (Lipinski definition) is 6. The molecule has 3 atom stereocenters. The number of amides is 3. The van der Waals surface area contributed by atoms with Gasteiger partial charge in [0.1, 0.15) is 5.92 Å². The second-order valence-electron chi connectivity index (χ2n) is 6.46. The van der Waals surface area contributed by atoms with E-state index in [1.165, 1.54) is 0 Å². The third-order valence-corrected chi connectivity index (χ3v) is 4.12. The number of pyridine rings is 1. The van der Waals surface area contributed by atoms with E-state index in [2.05, 4.69) is 15.6 Å². The highest BCUT2D eigenvalue weighted by molar-refractivity contribution is 6.15. The molecule has 134 valence electrons. The Bertz CT molecular complexity index is 674. The van der Waals surface area contributed by atoms with Crippen molar-refractivity contribution in [3.63, 3.8) is 0 Å². The highest BCUT2D eigenvalue weighted by Gasteiger charge is 2.40. The van der Waals surface area contributed by atoms with Crippen LogP contribution in [0.25, 0.3) is 0 Å². The third kappa shape index (κ3) is 4.69.